The van der Waals surface area contributed by atoms with Gasteiger partial charge in [-0.1, -0.05) is 153 Å². The highest BCUT2D eigenvalue weighted by molar-refractivity contribution is 6.25. The lowest BCUT2D eigenvalue weighted by Crippen LogP contribution is -2.18. The summed E-state index contributed by atoms with van der Waals surface area (Å²) in [6.45, 7) is 4.78. The molecule has 10 aromatic carbocycles. The van der Waals surface area contributed by atoms with Crippen molar-refractivity contribution in [1.29, 1.82) is 0 Å². The Morgan fingerprint density at radius 3 is 1.16 bits per heavy atom. The zero-order valence-electron chi connectivity index (χ0n) is 40.9. The van der Waals surface area contributed by atoms with Crippen molar-refractivity contribution in [3.8, 4) is 11.1 Å². The van der Waals surface area contributed by atoms with E-state index in [1.54, 1.807) is 0 Å². The molecule has 0 spiro atoms. The number of pyridine rings is 3. The number of hydrogen-bond donors (Lipinski definition) is 0. The molecule has 0 amide bonds. The normalized spacial score (nSPS) is 12.6. The fourth-order valence-corrected chi connectivity index (χ4v) is 11.7. The topological polar surface area (TPSA) is 48.4 Å². The van der Waals surface area contributed by atoms with E-state index in [1.807, 2.05) is 36.8 Å². The Kier molecular flexibility index (Phi) is 10.1. The molecule has 3 heterocycles. The van der Waals surface area contributed by atoms with Crippen molar-refractivity contribution in [1.82, 2.24) is 15.0 Å². The van der Waals surface area contributed by atoms with E-state index in [4.69, 9.17) is 15.0 Å². The van der Waals surface area contributed by atoms with E-state index in [1.165, 1.54) is 22.3 Å². The maximum absolute atomic E-state index is 5.09. The molecule has 0 fully saturated rings. The van der Waals surface area contributed by atoms with Gasteiger partial charge in [0.25, 0.3) is 0 Å². The molecule has 6 nitrogen and oxygen atoms in total. The van der Waals surface area contributed by atoms with Crippen LogP contribution in [0.1, 0.15) is 25.0 Å². The summed E-state index contributed by atoms with van der Waals surface area (Å²) in [6, 6.07) is 85.2. The number of rotatable bonds is 9. The fraction of sp³-hybridized carbons (Fsp3) is 0.0441. The van der Waals surface area contributed by atoms with E-state index in [0.717, 1.165) is 105 Å². The van der Waals surface area contributed by atoms with E-state index in [-0.39, 0.29) is 0 Å². The van der Waals surface area contributed by atoms with Crippen molar-refractivity contribution in [3.63, 3.8) is 0 Å². The minimum atomic E-state index is -0.408. The van der Waals surface area contributed by atoms with Crippen LogP contribution in [-0.4, -0.2) is 15.0 Å². The van der Waals surface area contributed by atoms with Gasteiger partial charge in [-0.3, -0.25) is 15.0 Å². The fourth-order valence-electron chi connectivity index (χ4n) is 11.7. The molecule has 0 bridgehead atoms. The summed E-state index contributed by atoms with van der Waals surface area (Å²) in [6.07, 6.45) is 5.69. The van der Waals surface area contributed by atoms with Crippen molar-refractivity contribution >= 4 is 105 Å². The van der Waals surface area contributed by atoms with Crippen LogP contribution in [0.3, 0.4) is 0 Å². The first kappa shape index (κ1) is 43.2. The monoisotopic (exact) mass is 948 g/mol. The highest BCUT2D eigenvalue weighted by atomic mass is 15.2. The van der Waals surface area contributed by atoms with Gasteiger partial charge in [-0.05, 0) is 119 Å². The van der Waals surface area contributed by atoms with Gasteiger partial charge < -0.3 is 14.7 Å². The lowest BCUT2D eigenvalue weighted by molar-refractivity contribution is 0.661. The third-order valence-electron chi connectivity index (χ3n) is 15.1. The molecule has 13 aromatic rings. The Balaban J connectivity index is 1.10. The van der Waals surface area contributed by atoms with Crippen molar-refractivity contribution in [2.24, 2.45) is 0 Å². The number of nitrogens with zero attached hydrogens (tertiary/aromatic N) is 6. The number of hydrogen-bond acceptors (Lipinski definition) is 6. The van der Waals surface area contributed by atoms with Gasteiger partial charge in [0.05, 0.1) is 45.0 Å². The predicted molar refractivity (Wildman–Crippen MR) is 309 cm³/mol. The van der Waals surface area contributed by atoms with Gasteiger partial charge in [0.1, 0.15) is 0 Å². The molecule has 74 heavy (non-hydrogen) atoms. The summed E-state index contributed by atoms with van der Waals surface area (Å²) in [5.74, 6) is 0. The zero-order valence-corrected chi connectivity index (χ0v) is 40.9. The maximum Gasteiger partial charge on any atom is 0.0942 e. The highest BCUT2D eigenvalue weighted by Crippen LogP contribution is 2.58. The van der Waals surface area contributed by atoms with Crippen molar-refractivity contribution in [3.05, 3.63) is 266 Å². The minimum Gasteiger partial charge on any atom is -0.308 e. The van der Waals surface area contributed by atoms with Crippen molar-refractivity contribution in [2.75, 3.05) is 14.7 Å². The van der Waals surface area contributed by atoms with Gasteiger partial charge in [-0.2, -0.15) is 0 Å². The SMILES string of the molecule is CC1(C)c2cc(N(c3ccccc3)c3cccc4cccnc34)ccc2-c2cc3c(N(c4ccccc4)c4cccc5cccnc45)c4ccccc4c(N(c4ccccc4)c4cccc5cccnc45)c3cc21. The highest BCUT2D eigenvalue weighted by Gasteiger charge is 2.38. The first-order chi connectivity index (χ1) is 36.5. The van der Waals surface area contributed by atoms with Crippen molar-refractivity contribution < 1.29 is 0 Å². The van der Waals surface area contributed by atoms with Crippen LogP contribution >= 0.6 is 0 Å². The number of aromatic nitrogens is 3. The summed E-state index contributed by atoms with van der Waals surface area (Å²) < 4.78 is 0. The Morgan fingerprint density at radius 1 is 0.297 bits per heavy atom. The van der Waals surface area contributed by atoms with Gasteiger partial charge >= 0.3 is 0 Å². The Bertz CT molecular complexity index is 4290. The molecule has 1 aliphatic rings. The maximum atomic E-state index is 5.09. The number of fused-ring (bicyclic) bond motifs is 8. The molecule has 0 N–H and O–H groups in total. The third-order valence-corrected chi connectivity index (χ3v) is 15.1. The van der Waals surface area contributed by atoms with Gasteiger partial charge in [-0.15, -0.1) is 0 Å². The molecule has 0 atom stereocenters. The number of anilines is 9. The van der Waals surface area contributed by atoms with Crippen molar-refractivity contribution in [2.45, 2.75) is 19.3 Å². The van der Waals surface area contributed by atoms with Crippen LogP contribution in [0, 0.1) is 0 Å². The Labute approximate surface area is 429 Å². The average Bonchev–Trinajstić information content (AvgIpc) is 3.68. The first-order valence-electron chi connectivity index (χ1n) is 25.3. The van der Waals surface area contributed by atoms with E-state index in [0.29, 0.717) is 0 Å². The largest absolute Gasteiger partial charge is 0.308 e. The molecule has 14 rings (SSSR count). The number of para-hydroxylation sites is 6. The van der Waals surface area contributed by atoms with Gasteiger partial charge in [0, 0.05) is 84.5 Å². The van der Waals surface area contributed by atoms with Crippen LogP contribution in [0.4, 0.5) is 51.2 Å². The van der Waals surface area contributed by atoms with Gasteiger partial charge in [0.2, 0.25) is 0 Å². The summed E-state index contributed by atoms with van der Waals surface area (Å²) in [5, 5.41) is 7.70. The second-order valence-electron chi connectivity index (χ2n) is 19.6. The predicted octanol–water partition coefficient (Wildman–Crippen LogP) is 18.4. The van der Waals surface area contributed by atoms with Gasteiger partial charge in [0.15, 0.2) is 0 Å². The van der Waals surface area contributed by atoms with Crippen LogP contribution in [-0.2, 0) is 5.41 Å². The first-order valence-corrected chi connectivity index (χ1v) is 25.3. The molecule has 350 valence electrons. The molecule has 0 saturated carbocycles. The van der Waals surface area contributed by atoms with E-state index < -0.39 is 5.41 Å². The van der Waals surface area contributed by atoms with Crippen LogP contribution < -0.4 is 14.7 Å². The van der Waals surface area contributed by atoms with E-state index in [2.05, 4.69) is 247 Å². The Morgan fingerprint density at radius 2 is 0.689 bits per heavy atom. The molecule has 0 aliphatic heterocycles. The lowest BCUT2D eigenvalue weighted by Gasteiger charge is -2.34. The lowest BCUT2D eigenvalue weighted by atomic mass is 9.81. The summed E-state index contributed by atoms with van der Waals surface area (Å²) in [5.41, 5.74) is 16.8. The molecular formula is C68H48N6. The van der Waals surface area contributed by atoms with Crippen LogP contribution in [0.5, 0.6) is 0 Å². The zero-order chi connectivity index (χ0) is 49.3. The molecule has 1 aliphatic carbocycles. The van der Waals surface area contributed by atoms with E-state index >= 15 is 0 Å². The van der Waals surface area contributed by atoms with Crippen LogP contribution in [0.25, 0.3) is 65.4 Å². The Hall–Kier alpha value is -9.65. The molecule has 0 unspecified atom stereocenters. The standard InChI is InChI=1S/C68H48N6/c1-68(2)58-42-51(72(48-26-6-3-7-27-48)60-34-14-20-45-23-17-39-69-63(45)60)37-38-52(58)55-43-56-57(44-59(55)68)67(74(50-30-10-5-11-31-50)62-36-16-22-47-25-19-41-71-65(47)62)54-33-13-12-32-53(54)66(56)73(49-28-8-4-9-29-49)61-35-15-21-46-24-18-40-70-64(46)61/h3-44H,1-2H3. The van der Waals surface area contributed by atoms with Crippen LogP contribution in [0.2, 0.25) is 0 Å². The van der Waals surface area contributed by atoms with Gasteiger partial charge in [-0.25, -0.2) is 0 Å². The molecule has 0 radical (unpaired) electrons. The average molecular weight is 949 g/mol. The van der Waals surface area contributed by atoms with E-state index in [9.17, 15) is 0 Å². The summed E-state index contributed by atoms with van der Waals surface area (Å²) in [7, 11) is 0. The molecule has 0 saturated heterocycles. The summed E-state index contributed by atoms with van der Waals surface area (Å²) >= 11 is 0. The quantitative estimate of drug-likeness (QED) is 0.106. The third kappa shape index (κ3) is 6.83. The molecule has 3 aromatic heterocycles. The minimum absolute atomic E-state index is 0.408. The molecule has 6 heteroatoms. The smallest absolute Gasteiger partial charge is 0.0942 e. The second-order valence-corrected chi connectivity index (χ2v) is 19.6. The van der Waals surface area contributed by atoms with Crippen LogP contribution in [0.15, 0.2) is 255 Å². The summed E-state index contributed by atoms with van der Waals surface area (Å²) in [4.78, 5) is 22.4. The second kappa shape index (κ2) is 17.3. The number of benzene rings is 10. The molecular weight excluding hydrogens is 901 g/mol.